The maximum Gasteiger partial charge on any atom is 0.260 e. The van der Waals surface area contributed by atoms with Crippen molar-refractivity contribution in [2.45, 2.75) is 45.7 Å². The summed E-state index contributed by atoms with van der Waals surface area (Å²) in [6.45, 7) is 10.6. The summed E-state index contributed by atoms with van der Waals surface area (Å²) in [7, 11) is 0. The summed E-state index contributed by atoms with van der Waals surface area (Å²) >= 11 is 0. The lowest BCUT2D eigenvalue weighted by Gasteiger charge is -2.32. The predicted octanol–water partition coefficient (Wildman–Crippen LogP) is 2.27. The second-order valence-corrected chi connectivity index (χ2v) is 7.53. The summed E-state index contributed by atoms with van der Waals surface area (Å²) in [5.41, 5.74) is 1.21. The van der Waals surface area contributed by atoms with E-state index >= 15 is 0 Å². The van der Waals surface area contributed by atoms with Crippen LogP contribution in [0.15, 0.2) is 18.2 Å². The van der Waals surface area contributed by atoms with Gasteiger partial charge in [-0.05, 0) is 50.8 Å². The Labute approximate surface area is 162 Å². The fourth-order valence-electron chi connectivity index (χ4n) is 3.83. The first-order chi connectivity index (χ1) is 13.2. The van der Waals surface area contributed by atoms with E-state index in [-0.39, 0.29) is 12.5 Å². The normalized spacial score (nSPS) is 21.1. The monoisotopic (exact) mass is 375 g/mol. The lowest BCUT2D eigenvalue weighted by atomic mass is 10.1. The zero-order chi connectivity index (χ0) is 19.1. The number of carbonyl (C=O) groups is 1. The molecule has 6 heteroatoms. The minimum atomic E-state index is 0.0658. The third-order valence-corrected chi connectivity index (χ3v) is 5.23. The van der Waals surface area contributed by atoms with E-state index in [0.717, 1.165) is 57.9 Å². The molecule has 150 valence electrons. The highest BCUT2D eigenvalue weighted by Gasteiger charge is 2.19. The summed E-state index contributed by atoms with van der Waals surface area (Å²) in [4.78, 5) is 16.7. The topological polar surface area (TPSA) is 54.0 Å². The van der Waals surface area contributed by atoms with E-state index in [0.29, 0.717) is 18.4 Å². The van der Waals surface area contributed by atoms with Gasteiger partial charge >= 0.3 is 0 Å². The smallest absolute Gasteiger partial charge is 0.260 e. The number of hydrogen-bond donors (Lipinski definition) is 1. The molecule has 0 radical (unpaired) electrons. The zero-order valence-electron chi connectivity index (χ0n) is 16.7. The van der Waals surface area contributed by atoms with Gasteiger partial charge in [-0.1, -0.05) is 6.07 Å². The molecule has 1 amide bonds. The van der Waals surface area contributed by atoms with E-state index in [4.69, 9.17) is 9.47 Å². The number of piperidine rings is 1. The van der Waals surface area contributed by atoms with Crippen LogP contribution in [0.25, 0.3) is 0 Å². The van der Waals surface area contributed by atoms with E-state index in [1.54, 1.807) is 0 Å². The summed E-state index contributed by atoms with van der Waals surface area (Å²) < 4.78 is 11.6. The highest BCUT2D eigenvalue weighted by molar-refractivity contribution is 5.78. The van der Waals surface area contributed by atoms with Crippen molar-refractivity contribution in [3.05, 3.63) is 23.8 Å². The van der Waals surface area contributed by atoms with Crippen molar-refractivity contribution in [1.82, 2.24) is 15.1 Å². The van der Waals surface area contributed by atoms with Crippen LogP contribution < -0.4 is 14.8 Å². The molecule has 0 spiro atoms. The van der Waals surface area contributed by atoms with Crippen molar-refractivity contribution in [3.8, 4) is 11.5 Å². The van der Waals surface area contributed by atoms with Gasteiger partial charge in [0.15, 0.2) is 18.1 Å². The Morgan fingerprint density at radius 1 is 1.15 bits per heavy atom. The molecular formula is C21H33N3O3. The molecule has 2 heterocycles. The van der Waals surface area contributed by atoms with Gasteiger partial charge in [0, 0.05) is 45.3 Å². The van der Waals surface area contributed by atoms with Crippen molar-refractivity contribution in [2.24, 2.45) is 0 Å². The molecule has 1 aromatic carbocycles. The lowest BCUT2D eigenvalue weighted by molar-refractivity contribution is -0.134. The molecule has 27 heavy (non-hydrogen) atoms. The standard InChI is InChI=1S/C21H33N3O3/c1-3-26-20-13-18(15-23-12-9-22-17(2)14-23)7-8-19(20)27-16-21(25)24-10-5-4-6-11-24/h7-8,13,17,22H,3-6,9-12,14-16H2,1-2H3/t17-/m0/s1. The van der Waals surface area contributed by atoms with Gasteiger partial charge in [0.25, 0.3) is 5.91 Å². The van der Waals surface area contributed by atoms with Gasteiger partial charge in [0.05, 0.1) is 6.61 Å². The SMILES string of the molecule is CCOc1cc(CN2CCN[C@@H](C)C2)ccc1OCC(=O)N1CCCCC1. The Hall–Kier alpha value is -1.79. The van der Waals surface area contributed by atoms with Crippen LogP contribution >= 0.6 is 0 Å². The first-order valence-electron chi connectivity index (χ1n) is 10.3. The third-order valence-electron chi connectivity index (χ3n) is 5.23. The van der Waals surface area contributed by atoms with Crippen molar-refractivity contribution in [1.29, 1.82) is 0 Å². The molecule has 1 N–H and O–H groups in total. The summed E-state index contributed by atoms with van der Waals surface area (Å²) in [5.74, 6) is 1.44. The molecule has 3 rings (SSSR count). The molecule has 1 atom stereocenters. The molecule has 0 aromatic heterocycles. The molecule has 0 saturated carbocycles. The van der Waals surface area contributed by atoms with Crippen molar-refractivity contribution in [3.63, 3.8) is 0 Å². The second kappa shape index (κ2) is 9.95. The van der Waals surface area contributed by atoms with Crippen LogP contribution in [0, 0.1) is 0 Å². The van der Waals surface area contributed by atoms with Gasteiger partial charge in [-0.25, -0.2) is 0 Å². The number of carbonyl (C=O) groups excluding carboxylic acids is 1. The maximum absolute atomic E-state index is 12.3. The van der Waals surface area contributed by atoms with Crippen molar-refractivity contribution in [2.75, 3.05) is 45.9 Å². The average Bonchev–Trinajstić information content (AvgIpc) is 2.68. The van der Waals surface area contributed by atoms with Crippen LogP contribution in [0.2, 0.25) is 0 Å². The van der Waals surface area contributed by atoms with Gasteiger partial charge in [0.1, 0.15) is 0 Å². The van der Waals surface area contributed by atoms with E-state index < -0.39 is 0 Å². The van der Waals surface area contributed by atoms with E-state index in [1.807, 2.05) is 17.9 Å². The number of likely N-dealkylation sites (tertiary alicyclic amines) is 1. The Kier molecular flexibility index (Phi) is 7.35. The second-order valence-electron chi connectivity index (χ2n) is 7.53. The summed E-state index contributed by atoms with van der Waals surface area (Å²) in [6.07, 6.45) is 3.40. The molecule has 2 saturated heterocycles. The number of ether oxygens (including phenoxy) is 2. The minimum absolute atomic E-state index is 0.0658. The van der Waals surface area contributed by atoms with Crippen LogP contribution in [-0.4, -0.2) is 67.7 Å². The molecule has 2 aliphatic heterocycles. The largest absolute Gasteiger partial charge is 0.490 e. The van der Waals surface area contributed by atoms with Gasteiger partial charge in [0.2, 0.25) is 0 Å². The molecule has 0 bridgehead atoms. The van der Waals surface area contributed by atoms with Crippen LogP contribution in [0.4, 0.5) is 0 Å². The lowest BCUT2D eigenvalue weighted by Crippen LogP contribution is -2.48. The number of hydrogen-bond acceptors (Lipinski definition) is 5. The molecule has 2 aliphatic rings. The Balaban J connectivity index is 1.59. The first-order valence-corrected chi connectivity index (χ1v) is 10.3. The fraction of sp³-hybridized carbons (Fsp3) is 0.667. The quantitative estimate of drug-likeness (QED) is 0.792. The van der Waals surface area contributed by atoms with Gasteiger partial charge < -0.3 is 19.7 Å². The number of rotatable bonds is 7. The van der Waals surface area contributed by atoms with Crippen molar-refractivity contribution < 1.29 is 14.3 Å². The molecule has 0 unspecified atom stereocenters. The Morgan fingerprint density at radius 2 is 1.96 bits per heavy atom. The molecular weight excluding hydrogens is 342 g/mol. The van der Waals surface area contributed by atoms with E-state index in [2.05, 4.69) is 29.3 Å². The minimum Gasteiger partial charge on any atom is -0.490 e. The molecule has 6 nitrogen and oxygen atoms in total. The number of amides is 1. The first kappa shape index (κ1) is 20.0. The van der Waals surface area contributed by atoms with E-state index in [9.17, 15) is 4.79 Å². The van der Waals surface area contributed by atoms with Crippen LogP contribution in [0.3, 0.4) is 0 Å². The Bertz CT molecular complexity index is 617. The fourth-order valence-corrected chi connectivity index (χ4v) is 3.83. The zero-order valence-corrected chi connectivity index (χ0v) is 16.7. The van der Waals surface area contributed by atoms with E-state index in [1.165, 1.54) is 12.0 Å². The van der Waals surface area contributed by atoms with Gasteiger partial charge in [-0.15, -0.1) is 0 Å². The summed E-state index contributed by atoms with van der Waals surface area (Å²) in [5, 5.41) is 3.47. The van der Waals surface area contributed by atoms with Crippen LogP contribution in [0.5, 0.6) is 11.5 Å². The number of benzene rings is 1. The number of nitrogens with one attached hydrogen (secondary N) is 1. The molecule has 1 aromatic rings. The highest BCUT2D eigenvalue weighted by atomic mass is 16.5. The number of nitrogens with zero attached hydrogens (tertiary/aromatic N) is 2. The van der Waals surface area contributed by atoms with Gasteiger partial charge in [-0.2, -0.15) is 0 Å². The van der Waals surface area contributed by atoms with Gasteiger partial charge in [-0.3, -0.25) is 9.69 Å². The maximum atomic E-state index is 12.3. The predicted molar refractivity (Wildman–Crippen MR) is 106 cm³/mol. The Morgan fingerprint density at radius 3 is 2.70 bits per heavy atom. The van der Waals surface area contributed by atoms with Crippen LogP contribution in [-0.2, 0) is 11.3 Å². The molecule has 0 aliphatic carbocycles. The average molecular weight is 376 g/mol. The van der Waals surface area contributed by atoms with Crippen molar-refractivity contribution >= 4 is 5.91 Å². The molecule has 2 fully saturated rings. The third kappa shape index (κ3) is 5.84. The van der Waals surface area contributed by atoms with Crippen LogP contribution in [0.1, 0.15) is 38.7 Å². The number of piperazine rings is 1. The summed E-state index contributed by atoms with van der Waals surface area (Å²) in [6, 6.07) is 6.59. The highest BCUT2D eigenvalue weighted by Crippen LogP contribution is 2.29.